The van der Waals surface area contributed by atoms with Gasteiger partial charge in [-0.05, 0) is 56.1 Å². The number of piperazine rings is 1. The van der Waals surface area contributed by atoms with Crippen LogP contribution < -0.4 is 15.1 Å². The number of aromatic nitrogens is 4. The number of piperidine rings is 1. The summed E-state index contributed by atoms with van der Waals surface area (Å²) in [5.74, 6) is 0.625. The Morgan fingerprint density at radius 1 is 0.892 bits per heavy atom. The second-order valence-corrected chi connectivity index (χ2v) is 9.96. The number of fused-ring (bicyclic) bond motifs is 1. The van der Waals surface area contributed by atoms with Crippen LogP contribution in [0.15, 0.2) is 55.0 Å². The van der Waals surface area contributed by atoms with Gasteiger partial charge in [0.1, 0.15) is 5.82 Å². The van der Waals surface area contributed by atoms with Crippen molar-refractivity contribution in [1.29, 1.82) is 0 Å². The Morgan fingerprint density at radius 2 is 1.73 bits per heavy atom. The molecule has 0 radical (unpaired) electrons. The number of benzene rings is 1. The van der Waals surface area contributed by atoms with E-state index in [0.29, 0.717) is 11.4 Å². The zero-order valence-electron chi connectivity index (χ0n) is 21.2. The van der Waals surface area contributed by atoms with Crippen LogP contribution >= 0.6 is 0 Å². The number of hydrogen-bond donors (Lipinski definition) is 2. The topological polar surface area (TPSA) is 93.3 Å². The van der Waals surface area contributed by atoms with Crippen molar-refractivity contribution in [3.05, 3.63) is 60.7 Å². The van der Waals surface area contributed by atoms with Crippen LogP contribution in [0.2, 0.25) is 0 Å². The van der Waals surface area contributed by atoms with Gasteiger partial charge in [0.25, 0.3) is 5.91 Å². The molecule has 37 heavy (non-hydrogen) atoms. The molecule has 1 aromatic carbocycles. The van der Waals surface area contributed by atoms with Crippen molar-refractivity contribution in [2.45, 2.75) is 19.3 Å². The van der Waals surface area contributed by atoms with Crippen molar-refractivity contribution in [3.8, 4) is 11.1 Å². The van der Waals surface area contributed by atoms with Crippen LogP contribution in [0.5, 0.6) is 0 Å². The summed E-state index contributed by atoms with van der Waals surface area (Å²) in [6, 6.07) is 12.0. The molecule has 1 amide bonds. The molecule has 2 saturated heterocycles. The Kier molecular flexibility index (Phi) is 6.44. The number of rotatable bonds is 5. The summed E-state index contributed by atoms with van der Waals surface area (Å²) < 4.78 is 0. The number of amides is 1. The molecule has 0 unspecified atom stereocenters. The van der Waals surface area contributed by atoms with Gasteiger partial charge in [-0.15, -0.1) is 0 Å². The zero-order chi connectivity index (χ0) is 25.2. The lowest BCUT2D eigenvalue weighted by Gasteiger charge is -2.33. The van der Waals surface area contributed by atoms with Crippen LogP contribution in [0, 0.1) is 0 Å². The highest BCUT2D eigenvalue weighted by atomic mass is 16.1. The largest absolute Gasteiger partial charge is 0.370 e. The van der Waals surface area contributed by atoms with Crippen molar-refractivity contribution in [2.75, 3.05) is 61.4 Å². The van der Waals surface area contributed by atoms with E-state index in [1.807, 2.05) is 42.7 Å². The van der Waals surface area contributed by atoms with Crippen LogP contribution in [0.3, 0.4) is 0 Å². The normalized spacial score (nSPS) is 16.8. The Balaban J connectivity index is 1.23. The molecular weight excluding hydrogens is 464 g/mol. The number of aromatic amines is 1. The summed E-state index contributed by atoms with van der Waals surface area (Å²) in [7, 11) is 2.13. The van der Waals surface area contributed by atoms with Crippen LogP contribution in [0.4, 0.5) is 17.2 Å². The van der Waals surface area contributed by atoms with E-state index >= 15 is 0 Å². The molecule has 4 aromatic rings. The highest BCUT2D eigenvalue weighted by Crippen LogP contribution is 2.29. The first kappa shape index (κ1) is 23.4. The van der Waals surface area contributed by atoms with Gasteiger partial charge in [-0.25, -0.2) is 4.98 Å². The van der Waals surface area contributed by atoms with Gasteiger partial charge in [0.2, 0.25) is 0 Å². The molecule has 2 N–H and O–H groups in total. The minimum Gasteiger partial charge on any atom is -0.370 e. The Morgan fingerprint density at radius 3 is 2.57 bits per heavy atom. The van der Waals surface area contributed by atoms with Crippen LogP contribution in [0.25, 0.3) is 22.0 Å². The lowest BCUT2D eigenvalue weighted by molar-refractivity contribution is 0.102. The zero-order valence-corrected chi connectivity index (χ0v) is 21.2. The summed E-state index contributed by atoms with van der Waals surface area (Å²) in [5, 5.41) is 11.2. The average molecular weight is 497 g/mol. The number of nitrogens with one attached hydrogen (secondary N) is 2. The molecule has 9 heteroatoms. The Bertz CT molecular complexity index is 1400. The number of likely N-dealkylation sites (N-methyl/N-ethyl adjacent to an activating group) is 1. The van der Waals surface area contributed by atoms with E-state index in [9.17, 15) is 4.79 Å². The van der Waals surface area contributed by atoms with E-state index < -0.39 is 0 Å². The van der Waals surface area contributed by atoms with Gasteiger partial charge >= 0.3 is 0 Å². The van der Waals surface area contributed by atoms with E-state index in [1.165, 1.54) is 19.3 Å². The van der Waals surface area contributed by atoms with Crippen LogP contribution in [-0.2, 0) is 0 Å². The SMILES string of the molecule is CN1CCN(c2cc(NC(=O)c3n[nH]c4ccc(-c5cncc(N6CCCCC6)c5)cc34)ccn2)CC1. The van der Waals surface area contributed by atoms with Gasteiger partial charge in [0.05, 0.1) is 17.4 Å². The molecule has 0 atom stereocenters. The number of nitrogens with zero attached hydrogens (tertiary/aromatic N) is 6. The van der Waals surface area contributed by atoms with Crippen LogP contribution in [-0.4, -0.2) is 77.3 Å². The summed E-state index contributed by atoms with van der Waals surface area (Å²) in [6.45, 7) is 5.97. The number of carbonyl (C=O) groups is 1. The quantitative estimate of drug-likeness (QED) is 0.431. The average Bonchev–Trinajstić information content (AvgIpc) is 3.38. The van der Waals surface area contributed by atoms with Crippen molar-refractivity contribution >= 4 is 34.0 Å². The Labute approximate surface area is 216 Å². The maximum atomic E-state index is 13.3. The van der Waals surface area contributed by atoms with Gasteiger partial charge in [0, 0.05) is 74.4 Å². The maximum absolute atomic E-state index is 13.3. The third-order valence-corrected chi connectivity index (χ3v) is 7.39. The van der Waals surface area contributed by atoms with E-state index in [-0.39, 0.29) is 5.91 Å². The van der Waals surface area contributed by atoms with Crippen molar-refractivity contribution in [3.63, 3.8) is 0 Å². The number of hydrogen-bond acceptors (Lipinski definition) is 7. The van der Waals surface area contributed by atoms with E-state index in [0.717, 1.165) is 72.8 Å². The van der Waals surface area contributed by atoms with Crippen molar-refractivity contribution in [2.24, 2.45) is 0 Å². The molecule has 0 aliphatic carbocycles. The molecule has 0 bridgehead atoms. The van der Waals surface area contributed by atoms with E-state index in [2.05, 4.69) is 53.3 Å². The first-order chi connectivity index (χ1) is 18.1. The van der Waals surface area contributed by atoms with Gasteiger partial charge < -0.3 is 20.0 Å². The molecule has 190 valence electrons. The highest BCUT2D eigenvalue weighted by molar-refractivity contribution is 6.11. The summed E-state index contributed by atoms with van der Waals surface area (Å²) in [5.41, 5.74) is 5.09. The van der Waals surface area contributed by atoms with E-state index in [4.69, 9.17) is 0 Å². The third-order valence-electron chi connectivity index (χ3n) is 7.39. The number of pyridine rings is 2. The number of carbonyl (C=O) groups excluding carboxylic acids is 1. The molecule has 6 rings (SSSR count). The fourth-order valence-electron chi connectivity index (χ4n) is 5.17. The molecule has 2 fully saturated rings. The van der Waals surface area contributed by atoms with Gasteiger partial charge in [-0.3, -0.25) is 14.9 Å². The smallest absolute Gasteiger partial charge is 0.276 e. The fraction of sp³-hybridized carbons (Fsp3) is 0.357. The summed E-state index contributed by atoms with van der Waals surface area (Å²) in [4.78, 5) is 29.3. The molecule has 5 heterocycles. The summed E-state index contributed by atoms with van der Waals surface area (Å²) in [6.07, 6.45) is 9.30. The predicted octanol–water partition coefficient (Wildman–Crippen LogP) is 4.01. The second-order valence-electron chi connectivity index (χ2n) is 9.96. The first-order valence-electron chi connectivity index (χ1n) is 13.0. The van der Waals surface area contributed by atoms with Crippen molar-refractivity contribution < 1.29 is 4.79 Å². The van der Waals surface area contributed by atoms with Crippen molar-refractivity contribution in [1.82, 2.24) is 25.1 Å². The summed E-state index contributed by atoms with van der Waals surface area (Å²) >= 11 is 0. The number of H-pyrrole nitrogens is 1. The van der Waals surface area contributed by atoms with Crippen LogP contribution in [0.1, 0.15) is 29.8 Å². The lowest BCUT2D eigenvalue weighted by atomic mass is 10.0. The standard InChI is InChI=1S/C28H32N8O/c1-34-11-13-36(14-12-34)26-17-22(7-8-30-26)31-28(37)27-24-16-20(5-6-25(24)32-33-27)21-15-23(19-29-18-21)35-9-3-2-4-10-35/h5-8,15-19H,2-4,9-14H2,1H3,(H,32,33)(H,30,31,37). The predicted molar refractivity (Wildman–Crippen MR) is 147 cm³/mol. The van der Waals surface area contributed by atoms with Gasteiger partial charge in [-0.2, -0.15) is 5.10 Å². The molecular formula is C28H32N8O. The minimum absolute atomic E-state index is 0.251. The number of anilines is 3. The molecule has 9 nitrogen and oxygen atoms in total. The van der Waals surface area contributed by atoms with Gasteiger partial charge in [0.15, 0.2) is 5.69 Å². The highest BCUT2D eigenvalue weighted by Gasteiger charge is 2.19. The molecule has 3 aromatic heterocycles. The lowest BCUT2D eigenvalue weighted by Crippen LogP contribution is -2.44. The molecule has 2 aliphatic heterocycles. The molecule has 2 aliphatic rings. The second kappa shape index (κ2) is 10.2. The van der Waals surface area contributed by atoms with Gasteiger partial charge in [-0.1, -0.05) is 6.07 Å². The first-order valence-corrected chi connectivity index (χ1v) is 13.0. The minimum atomic E-state index is -0.251. The fourth-order valence-corrected chi connectivity index (χ4v) is 5.17. The third kappa shape index (κ3) is 4.99. The monoisotopic (exact) mass is 496 g/mol. The Hall–Kier alpha value is -3.98. The maximum Gasteiger partial charge on any atom is 0.276 e. The van der Waals surface area contributed by atoms with E-state index in [1.54, 1.807) is 6.20 Å². The molecule has 0 saturated carbocycles. The molecule has 0 spiro atoms.